The zero-order chi connectivity index (χ0) is 10.5. The standard InChI is InChI=1S/C12H14N2S/c1-13-8-10-6-12(15-9-10)7-11-4-2-3-5-14-11/h2-6,9,13H,7-8H2,1H3. The average molecular weight is 218 g/mol. The van der Waals surface area contributed by atoms with Crippen molar-refractivity contribution in [2.24, 2.45) is 0 Å². The van der Waals surface area contributed by atoms with Crippen molar-refractivity contribution in [3.63, 3.8) is 0 Å². The SMILES string of the molecule is CNCc1csc(Cc2ccccn2)c1. The first-order chi connectivity index (χ1) is 7.38. The van der Waals surface area contributed by atoms with Crippen molar-refractivity contribution in [1.82, 2.24) is 10.3 Å². The van der Waals surface area contributed by atoms with E-state index in [1.807, 2.05) is 25.4 Å². The second kappa shape index (κ2) is 5.05. The van der Waals surface area contributed by atoms with Crippen LogP contribution in [-0.2, 0) is 13.0 Å². The maximum Gasteiger partial charge on any atom is 0.0455 e. The zero-order valence-corrected chi connectivity index (χ0v) is 9.55. The van der Waals surface area contributed by atoms with Crippen molar-refractivity contribution in [3.8, 4) is 0 Å². The number of nitrogens with zero attached hydrogens (tertiary/aromatic N) is 1. The number of hydrogen-bond donors (Lipinski definition) is 1. The second-order valence-corrected chi connectivity index (χ2v) is 4.45. The van der Waals surface area contributed by atoms with Gasteiger partial charge < -0.3 is 5.32 Å². The number of rotatable bonds is 4. The molecule has 15 heavy (non-hydrogen) atoms. The van der Waals surface area contributed by atoms with Crippen LogP contribution in [0.4, 0.5) is 0 Å². The third kappa shape index (κ3) is 2.88. The Morgan fingerprint density at radius 3 is 3.07 bits per heavy atom. The first-order valence-electron chi connectivity index (χ1n) is 4.99. The van der Waals surface area contributed by atoms with Crippen LogP contribution in [0.25, 0.3) is 0 Å². The lowest BCUT2D eigenvalue weighted by molar-refractivity contribution is 0.820. The van der Waals surface area contributed by atoms with E-state index in [4.69, 9.17) is 0 Å². The summed E-state index contributed by atoms with van der Waals surface area (Å²) in [5, 5.41) is 5.36. The number of thiophene rings is 1. The highest BCUT2D eigenvalue weighted by Crippen LogP contribution is 2.17. The van der Waals surface area contributed by atoms with Gasteiger partial charge in [0, 0.05) is 29.7 Å². The minimum Gasteiger partial charge on any atom is -0.316 e. The van der Waals surface area contributed by atoms with Gasteiger partial charge in [0.25, 0.3) is 0 Å². The lowest BCUT2D eigenvalue weighted by atomic mass is 10.2. The molecule has 0 radical (unpaired) electrons. The summed E-state index contributed by atoms with van der Waals surface area (Å²) in [6.07, 6.45) is 2.78. The maximum absolute atomic E-state index is 4.32. The quantitative estimate of drug-likeness (QED) is 0.852. The van der Waals surface area contributed by atoms with Gasteiger partial charge >= 0.3 is 0 Å². The molecule has 2 aromatic heterocycles. The van der Waals surface area contributed by atoms with Crippen LogP contribution >= 0.6 is 11.3 Å². The molecule has 2 aromatic rings. The highest BCUT2D eigenvalue weighted by Gasteiger charge is 2.01. The lowest BCUT2D eigenvalue weighted by Gasteiger charge is -1.96. The van der Waals surface area contributed by atoms with E-state index in [0.29, 0.717) is 0 Å². The topological polar surface area (TPSA) is 24.9 Å². The Labute approximate surface area is 94.0 Å². The van der Waals surface area contributed by atoms with E-state index < -0.39 is 0 Å². The van der Waals surface area contributed by atoms with Crippen LogP contribution in [0.3, 0.4) is 0 Å². The summed E-state index contributed by atoms with van der Waals surface area (Å²) in [6.45, 7) is 0.943. The zero-order valence-electron chi connectivity index (χ0n) is 8.73. The van der Waals surface area contributed by atoms with Crippen LogP contribution in [0.2, 0.25) is 0 Å². The van der Waals surface area contributed by atoms with Crippen molar-refractivity contribution >= 4 is 11.3 Å². The summed E-state index contributed by atoms with van der Waals surface area (Å²) < 4.78 is 0. The molecule has 2 rings (SSSR count). The fourth-order valence-electron chi connectivity index (χ4n) is 1.50. The summed E-state index contributed by atoms with van der Waals surface area (Å²) in [6, 6.07) is 8.29. The minimum atomic E-state index is 0.940. The molecule has 0 aromatic carbocycles. The molecule has 0 amide bonds. The molecule has 2 nitrogen and oxygen atoms in total. The Kier molecular flexibility index (Phi) is 3.48. The summed E-state index contributed by atoms with van der Waals surface area (Å²) in [4.78, 5) is 5.69. The number of pyridine rings is 1. The molecule has 0 atom stereocenters. The highest BCUT2D eigenvalue weighted by atomic mass is 32.1. The van der Waals surface area contributed by atoms with Gasteiger partial charge in [-0.2, -0.15) is 0 Å². The molecule has 0 bridgehead atoms. The molecule has 0 unspecified atom stereocenters. The van der Waals surface area contributed by atoms with Crippen molar-refractivity contribution in [2.75, 3.05) is 7.05 Å². The molecule has 0 saturated carbocycles. The Hall–Kier alpha value is -1.19. The van der Waals surface area contributed by atoms with Crippen LogP contribution in [0.15, 0.2) is 35.8 Å². The third-order valence-corrected chi connectivity index (χ3v) is 3.16. The van der Waals surface area contributed by atoms with Crippen molar-refractivity contribution in [3.05, 3.63) is 52.0 Å². The van der Waals surface area contributed by atoms with Gasteiger partial charge in [0.1, 0.15) is 0 Å². The van der Waals surface area contributed by atoms with Crippen molar-refractivity contribution in [1.29, 1.82) is 0 Å². The Balaban J connectivity index is 2.05. The normalized spacial score (nSPS) is 10.5. The molecule has 2 heterocycles. The summed E-state index contributed by atoms with van der Waals surface area (Å²) in [5.74, 6) is 0. The Morgan fingerprint density at radius 2 is 2.33 bits per heavy atom. The van der Waals surface area contributed by atoms with Crippen LogP contribution in [0.1, 0.15) is 16.1 Å². The van der Waals surface area contributed by atoms with Crippen LogP contribution in [0, 0.1) is 0 Å². The van der Waals surface area contributed by atoms with Crippen molar-refractivity contribution in [2.45, 2.75) is 13.0 Å². The monoisotopic (exact) mass is 218 g/mol. The molecule has 1 N–H and O–H groups in total. The predicted molar refractivity (Wildman–Crippen MR) is 64.1 cm³/mol. The second-order valence-electron chi connectivity index (χ2n) is 3.45. The van der Waals surface area contributed by atoms with E-state index in [0.717, 1.165) is 18.7 Å². The fraction of sp³-hybridized carbons (Fsp3) is 0.250. The minimum absolute atomic E-state index is 0.940. The Morgan fingerprint density at radius 1 is 1.40 bits per heavy atom. The number of nitrogens with one attached hydrogen (secondary N) is 1. The van der Waals surface area contributed by atoms with Crippen LogP contribution in [0.5, 0.6) is 0 Å². The van der Waals surface area contributed by atoms with Crippen LogP contribution < -0.4 is 5.32 Å². The molecular formula is C12H14N2S. The smallest absolute Gasteiger partial charge is 0.0455 e. The first kappa shape index (κ1) is 10.3. The van der Waals surface area contributed by atoms with Gasteiger partial charge in [-0.15, -0.1) is 11.3 Å². The predicted octanol–water partition coefficient (Wildman–Crippen LogP) is 2.45. The molecule has 0 aliphatic rings. The summed E-state index contributed by atoms with van der Waals surface area (Å²) in [5.41, 5.74) is 2.49. The number of aromatic nitrogens is 1. The molecule has 0 aliphatic carbocycles. The van der Waals surface area contributed by atoms with Crippen LogP contribution in [-0.4, -0.2) is 12.0 Å². The van der Waals surface area contributed by atoms with Gasteiger partial charge in [0.15, 0.2) is 0 Å². The molecule has 78 valence electrons. The van der Waals surface area contributed by atoms with Gasteiger partial charge in [-0.25, -0.2) is 0 Å². The van der Waals surface area contributed by atoms with E-state index in [9.17, 15) is 0 Å². The molecule has 3 heteroatoms. The Bertz CT molecular complexity index is 409. The molecule has 0 saturated heterocycles. The summed E-state index contributed by atoms with van der Waals surface area (Å²) >= 11 is 1.80. The van der Waals surface area contributed by atoms with E-state index in [2.05, 4.69) is 27.8 Å². The average Bonchev–Trinajstić information content (AvgIpc) is 2.68. The van der Waals surface area contributed by atoms with Crippen molar-refractivity contribution < 1.29 is 0 Å². The molecule has 0 fully saturated rings. The largest absolute Gasteiger partial charge is 0.316 e. The van der Waals surface area contributed by atoms with Gasteiger partial charge in [-0.1, -0.05) is 6.07 Å². The van der Waals surface area contributed by atoms with E-state index >= 15 is 0 Å². The molecule has 0 spiro atoms. The molecule has 0 aliphatic heterocycles. The molecular weight excluding hydrogens is 204 g/mol. The van der Waals surface area contributed by atoms with Gasteiger partial charge in [-0.3, -0.25) is 4.98 Å². The number of hydrogen-bond acceptors (Lipinski definition) is 3. The van der Waals surface area contributed by atoms with Gasteiger partial charge in [-0.05, 0) is 36.2 Å². The summed E-state index contributed by atoms with van der Waals surface area (Å²) in [7, 11) is 1.97. The lowest BCUT2D eigenvalue weighted by Crippen LogP contribution is -2.03. The van der Waals surface area contributed by atoms with Gasteiger partial charge in [0.05, 0.1) is 0 Å². The third-order valence-electron chi connectivity index (χ3n) is 2.17. The highest BCUT2D eigenvalue weighted by molar-refractivity contribution is 7.10. The van der Waals surface area contributed by atoms with E-state index in [-0.39, 0.29) is 0 Å². The van der Waals surface area contributed by atoms with E-state index in [1.165, 1.54) is 10.4 Å². The fourth-order valence-corrected chi connectivity index (χ4v) is 2.40. The van der Waals surface area contributed by atoms with Gasteiger partial charge in [0.2, 0.25) is 0 Å². The van der Waals surface area contributed by atoms with E-state index in [1.54, 1.807) is 11.3 Å². The maximum atomic E-state index is 4.32. The first-order valence-corrected chi connectivity index (χ1v) is 5.87.